The Hall–Kier alpha value is -2.97. The molecule has 1 aliphatic rings. The van der Waals surface area contributed by atoms with Crippen molar-refractivity contribution in [1.82, 2.24) is 14.2 Å². The van der Waals surface area contributed by atoms with Gasteiger partial charge in [-0.25, -0.2) is 8.42 Å². The SMILES string of the molecule is CCn1cc(C(=O)NCCc2ccc(C)cc2)c(=O)c2cc(S(=O)(=O)N3C[C@H](C)C[C@@H](C)C3)ccc21. The highest BCUT2D eigenvalue weighted by Gasteiger charge is 2.32. The Bertz CT molecular complexity index is 1420. The van der Waals surface area contributed by atoms with Gasteiger partial charge in [-0.3, -0.25) is 9.59 Å². The molecule has 0 saturated carbocycles. The number of carbonyl (C=O) groups is 1. The second-order valence-corrected chi connectivity index (χ2v) is 12.0. The maximum Gasteiger partial charge on any atom is 0.256 e. The van der Waals surface area contributed by atoms with Gasteiger partial charge in [0.1, 0.15) is 5.56 Å². The van der Waals surface area contributed by atoms with Crippen LogP contribution in [0, 0.1) is 18.8 Å². The lowest BCUT2D eigenvalue weighted by Gasteiger charge is -2.34. The van der Waals surface area contributed by atoms with Crippen LogP contribution in [-0.4, -0.2) is 42.8 Å². The fraction of sp³-hybridized carbons (Fsp3) is 0.429. The highest BCUT2D eigenvalue weighted by atomic mass is 32.2. The molecule has 1 aliphatic heterocycles. The summed E-state index contributed by atoms with van der Waals surface area (Å²) < 4.78 is 30.2. The van der Waals surface area contributed by atoms with E-state index >= 15 is 0 Å². The van der Waals surface area contributed by atoms with Crippen molar-refractivity contribution >= 4 is 26.8 Å². The molecule has 4 rings (SSSR count). The van der Waals surface area contributed by atoms with Crippen molar-refractivity contribution in [2.75, 3.05) is 19.6 Å². The van der Waals surface area contributed by atoms with E-state index in [2.05, 4.69) is 19.2 Å². The van der Waals surface area contributed by atoms with E-state index in [0.29, 0.717) is 38.1 Å². The molecule has 0 radical (unpaired) electrons. The molecule has 7 nitrogen and oxygen atoms in total. The average Bonchev–Trinajstić information content (AvgIpc) is 2.84. The summed E-state index contributed by atoms with van der Waals surface area (Å²) in [6.07, 6.45) is 3.21. The molecule has 1 saturated heterocycles. The van der Waals surface area contributed by atoms with E-state index in [-0.39, 0.29) is 27.7 Å². The maximum atomic E-state index is 13.4. The van der Waals surface area contributed by atoms with E-state index in [9.17, 15) is 18.0 Å². The Morgan fingerprint density at radius 3 is 2.36 bits per heavy atom. The first-order chi connectivity index (χ1) is 17.1. The quantitative estimate of drug-likeness (QED) is 0.522. The fourth-order valence-corrected chi connectivity index (χ4v) is 6.79. The highest BCUT2D eigenvalue weighted by Crippen LogP contribution is 2.28. The molecule has 0 bridgehead atoms. The van der Waals surface area contributed by atoms with Gasteiger partial charge in [0.2, 0.25) is 15.5 Å². The van der Waals surface area contributed by atoms with Crippen LogP contribution in [0.4, 0.5) is 0 Å². The zero-order valence-corrected chi connectivity index (χ0v) is 22.3. The Morgan fingerprint density at radius 1 is 1.06 bits per heavy atom. The number of hydrogen-bond donors (Lipinski definition) is 1. The van der Waals surface area contributed by atoms with E-state index < -0.39 is 21.4 Å². The molecule has 0 aliphatic carbocycles. The molecule has 1 amide bonds. The van der Waals surface area contributed by atoms with Crippen LogP contribution >= 0.6 is 0 Å². The molecule has 36 heavy (non-hydrogen) atoms. The topological polar surface area (TPSA) is 88.5 Å². The second-order valence-electron chi connectivity index (χ2n) is 10.1. The summed E-state index contributed by atoms with van der Waals surface area (Å²) in [5.74, 6) is 0.0937. The Labute approximate surface area is 213 Å². The second kappa shape index (κ2) is 10.6. The monoisotopic (exact) mass is 509 g/mol. The maximum absolute atomic E-state index is 13.4. The number of hydrogen-bond acceptors (Lipinski definition) is 4. The van der Waals surface area contributed by atoms with E-state index in [1.807, 2.05) is 42.7 Å². The summed E-state index contributed by atoms with van der Waals surface area (Å²) in [5.41, 5.74) is 2.44. The molecule has 2 heterocycles. The fourth-order valence-electron chi connectivity index (χ4n) is 5.08. The van der Waals surface area contributed by atoms with Gasteiger partial charge in [0, 0.05) is 37.8 Å². The summed E-state index contributed by atoms with van der Waals surface area (Å²) in [7, 11) is -3.75. The minimum atomic E-state index is -3.75. The number of nitrogens with one attached hydrogen (secondary N) is 1. The number of aromatic nitrogens is 1. The normalized spacial score (nSPS) is 18.9. The highest BCUT2D eigenvalue weighted by molar-refractivity contribution is 7.89. The Morgan fingerprint density at radius 2 is 1.72 bits per heavy atom. The van der Waals surface area contributed by atoms with Gasteiger partial charge in [-0.2, -0.15) is 4.31 Å². The van der Waals surface area contributed by atoms with Gasteiger partial charge < -0.3 is 9.88 Å². The summed E-state index contributed by atoms with van der Waals surface area (Å²) in [4.78, 5) is 26.4. The molecule has 1 aromatic heterocycles. The van der Waals surface area contributed by atoms with Crippen molar-refractivity contribution in [3.63, 3.8) is 0 Å². The molecule has 0 spiro atoms. The third kappa shape index (κ3) is 5.39. The van der Waals surface area contributed by atoms with Crippen LogP contribution in [0.3, 0.4) is 0 Å². The zero-order valence-electron chi connectivity index (χ0n) is 21.5. The number of aryl methyl sites for hydroxylation is 2. The zero-order chi connectivity index (χ0) is 26.0. The van der Waals surface area contributed by atoms with Crippen LogP contribution in [0.2, 0.25) is 0 Å². The smallest absolute Gasteiger partial charge is 0.256 e. The molecule has 2 aromatic carbocycles. The van der Waals surface area contributed by atoms with Crippen LogP contribution in [0.5, 0.6) is 0 Å². The van der Waals surface area contributed by atoms with Gasteiger partial charge in [-0.05, 0) is 62.3 Å². The lowest BCUT2D eigenvalue weighted by Crippen LogP contribution is -2.42. The van der Waals surface area contributed by atoms with Crippen LogP contribution in [-0.2, 0) is 23.0 Å². The predicted molar refractivity (Wildman–Crippen MR) is 143 cm³/mol. The number of rotatable bonds is 7. The van der Waals surface area contributed by atoms with Gasteiger partial charge in [0.05, 0.1) is 10.4 Å². The largest absolute Gasteiger partial charge is 0.352 e. The van der Waals surface area contributed by atoms with Crippen molar-refractivity contribution in [3.05, 3.63) is 75.6 Å². The minimum Gasteiger partial charge on any atom is -0.352 e. The van der Waals surface area contributed by atoms with E-state index in [1.165, 1.54) is 15.9 Å². The Kier molecular flexibility index (Phi) is 7.66. The molecule has 0 unspecified atom stereocenters. The first-order valence-electron chi connectivity index (χ1n) is 12.6. The van der Waals surface area contributed by atoms with E-state index in [4.69, 9.17) is 0 Å². The van der Waals surface area contributed by atoms with E-state index in [1.54, 1.807) is 18.3 Å². The number of nitrogens with zero attached hydrogens (tertiary/aromatic N) is 2. The van der Waals surface area contributed by atoms with E-state index in [0.717, 1.165) is 12.0 Å². The molecule has 1 N–H and O–H groups in total. The van der Waals surface area contributed by atoms with Gasteiger partial charge in [0.25, 0.3) is 5.91 Å². The predicted octanol–water partition coefficient (Wildman–Crippen LogP) is 3.97. The number of sulfonamides is 1. The molecule has 3 aromatic rings. The first-order valence-corrected chi connectivity index (χ1v) is 14.0. The number of carbonyl (C=O) groups excluding carboxylic acids is 1. The number of pyridine rings is 1. The summed E-state index contributed by atoms with van der Waals surface area (Å²) in [5, 5.41) is 3.08. The summed E-state index contributed by atoms with van der Waals surface area (Å²) >= 11 is 0. The van der Waals surface area contributed by atoms with Crippen molar-refractivity contribution in [2.45, 2.75) is 52.0 Å². The standard InChI is InChI=1S/C28H35N3O4S/c1-5-30-18-25(28(33)29-13-12-22-8-6-19(2)7-9-22)27(32)24-15-23(10-11-26(24)30)36(34,35)31-16-20(3)14-21(4)17-31/h6-11,15,18,20-21H,5,12-14,16-17H2,1-4H3,(H,29,33)/t20-,21-/m1/s1. The van der Waals surface area contributed by atoms with Gasteiger partial charge in [-0.1, -0.05) is 43.7 Å². The number of fused-ring (bicyclic) bond motifs is 1. The number of amides is 1. The molecule has 8 heteroatoms. The van der Waals surface area contributed by atoms with Crippen molar-refractivity contribution in [2.24, 2.45) is 11.8 Å². The minimum absolute atomic E-state index is 0.0167. The number of piperidine rings is 1. The molecular weight excluding hydrogens is 474 g/mol. The third-order valence-electron chi connectivity index (χ3n) is 6.93. The molecular formula is C28H35N3O4S. The molecule has 1 fully saturated rings. The van der Waals surface area contributed by atoms with Gasteiger partial charge in [0.15, 0.2) is 0 Å². The molecule has 192 valence electrons. The Balaban J connectivity index is 1.64. The van der Waals surface area contributed by atoms with Gasteiger partial charge in [-0.15, -0.1) is 0 Å². The summed E-state index contributed by atoms with van der Waals surface area (Å²) in [6.45, 7) is 9.92. The van der Waals surface area contributed by atoms with Crippen LogP contribution < -0.4 is 10.7 Å². The summed E-state index contributed by atoms with van der Waals surface area (Å²) in [6, 6.07) is 12.8. The van der Waals surface area contributed by atoms with Crippen LogP contribution in [0.15, 0.2) is 58.4 Å². The first kappa shape index (κ1) is 26.1. The van der Waals surface area contributed by atoms with Gasteiger partial charge >= 0.3 is 0 Å². The average molecular weight is 510 g/mol. The third-order valence-corrected chi connectivity index (χ3v) is 8.76. The molecule has 2 atom stereocenters. The van der Waals surface area contributed by atoms with Crippen LogP contribution in [0.25, 0.3) is 10.9 Å². The lowest BCUT2D eigenvalue weighted by atomic mass is 9.94. The van der Waals surface area contributed by atoms with Crippen LogP contribution in [0.1, 0.15) is 48.7 Å². The van der Waals surface area contributed by atoms with Crippen molar-refractivity contribution < 1.29 is 13.2 Å². The van der Waals surface area contributed by atoms with Crippen molar-refractivity contribution in [3.8, 4) is 0 Å². The lowest BCUT2D eigenvalue weighted by molar-refractivity contribution is 0.0952. The number of benzene rings is 2. The van der Waals surface area contributed by atoms with Crippen molar-refractivity contribution in [1.29, 1.82) is 0 Å².